The standard InChI is InChI=1S/C26H18BrClFN4O4P/c27-23-13-7-12-22(30-23)24-32-33-26(35-24)31-25(17-14-15-20(28)21(29)16-17)38(34,36-18-8-3-1-4-9-18)37-19-10-5-2-6-11-19/h1-16,25H,(H,31,33). The third-order valence-electron chi connectivity index (χ3n) is 5.15. The van der Waals surface area contributed by atoms with E-state index in [4.69, 9.17) is 25.1 Å². The molecule has 2 heterocycles. The van der Waals surface area contributed by atoms with Gasteiger partial charge in [-0.15, -0.1) is 5.10 Å². The van der Waals surface area contributed by atoms with Crippen LogP contribution in [0.2, 0.25) is 5.02 Å². The largest absolute Gasteiger partial charge is 0.457 e. The summed E-state index contributed by atoms with van der Waals surface area (Å²) in [6.07, 6.45) is 0. The number of pyridine rings is 1. The van der Waals surface area contributed by atoms with E-state index in [-0.39, 0.29) is 34.0 Å². The van der Waals surface area contributed by atoms with Crippen LogP contribution in [0, 0.1) is 5.82 Å². The summed E-state index contributed by atoms with van der Waals surface area (Å²) in [6, 6.07) is 26.1. The monoisotopic (exact) mass is 614 g/mol. The van der Waals surface area contributed by atoms with Crippen LogP contribution < -0.4 is 14.4 Å². The average Bonchev–Trinajstić information content (AvgIpc) is 3.39. The highest BCUT2D eigenvalue weighted by molar-refractivity contribution is 9.10. The number of hydrogen-bond acceptors (Lipinski definition) is 8. The third-order valence-corrected chi connectivity index (χ3v) is 7.89. The second-order valence-electron chi connectivity index (χ2n) is 7.83. The van der Waals surface area contributed by atoms with E-state index in [1.165, 1.54) is 12.1 Å². The predicted octanol–water partition coefficient (Wildman–Crippen LogP) is 8.15. The molecule has 38 heavy (non-hydrogen) atoms. The van der Waals surface area contributed by atoms with Crippen molar-refractivity contribution in [2.24, 2.45) is 0 Å². The zero-order chi connectivity index (χ0) is 26.5. The Bertz CT molecular complexity index is 1550. The summed E-state index contributed by atoms with van der Waals surface area (Å²) in [5.74, 6) is -1.35. The maximum absolute atomic E-state index is 14.6. The van der Waals surface area contributed by atoms with Crippen molar-refractivity contribution >= 4 is 41.1 Å². The zero-order valence-electron chi connectivity index (χ0n) is 19.4. The molecule has 0 aliphatic rings. The van der Waals surface area contributed by atoms with Crippen LogP contribution in [-0.2, 0) is 4.57 Å². The number of anilines is 1. The number of aromatic nitrogens is 3. The Hall–Kier alpha value is -3.72. The van der Waals surface area contributed by atoms with Gasteiger partial charge in [0.1, 0.15) is 27.6 Å². The second-order valence-corrected chi connectivity index (χ2v) is 11.0. The first-order chi connectivity index (χ1) is 18.4. The Kier molecular flexibility index (Phi) is 7.74. The smallest absolute Gasteiger partial charge is 0.414 e. The Morgan fingerprint density at radius 1 is 0.895 bits per heavy atom. The van der Waals surface area contributed by atoms with E-state index in [1.54, 1.807) is 78.9 Å². The minimum absolute atomic E-state index is 0.101. The average molecular weight is 616 g/mol. The van der Waals surface area contributed by atoms with Gasteiger partial charge in [0, 0.05) is 0 Å². The van der Waals surface area contributed by atoms with Crippen molar-refractivity contribution in [3.63, 3.8) is 0 Å². The van der Waals surface area contributed by atoms with Crippen LogP contribution in [0.15, 0.2) is 106 Å². The van der Waals surface area contributed by atoms with Gasteiger partial charge >= 0.3 is 13.6 Å². The summed E-state index contributed by atoms with van der Waals surface area (Å²) in [5.41, 5.74) is 0.626. The quantitative estimate of drug-likeness (QED) is 0.131. The van der Waals surface area contributed by atoms with Crippen LogP contribution in [0.5, 0.6) is 11.5 Å². The molecule has 1 atom stereocenters. The van der Waals surface area contributed by atoms with E-state index in [1.807, 2.05) is 0 Å². The number of hydrogen-bond donors (Lipinski definition) is 1. The topological polar surface area (TPSA) is 99.4 Å². The van der Waals surface area contributed by atoms with Gasteiger partial charge in [-0.1, -0.05) is 65.2 Å². The van der Waals surface area contributed by atoms with Gasteiger partial charge in [0.25, 0.3) is 5.89 Å². The molecular weight excluding hydrogens is 598 g/mol. The van der Waals surface area contributed by atoms with Crippen LogP contribution in [0.4, 0.5) is 10.4 Å². The molecular formula is C26H18BrClFN4O4P. The molecule has 2 aromatic heterocycles. The number of para-hydroxylation sites is 2. The van der Waals surface area contributed by atoms with Gasteiger partial charge in [-0.2, -0.15) is 0 Å². The number of benzene rings is 3. The minimum atomic E-state index is -4.24. The van der Waals surface area contributed by atoms with Crippen molar-refractivity contribution < 1.29 is 22.4 Å². The van der Waals surface area contributed by atoms with E-state index in [0.717, 1.165) is 6.07 Å². The number of rotatable bonds is 9. The van der Waals surface area contributed by atoms with Crippen molar-refractivity contribution in [3.8, 4) is 23.1 Å². The van der Waals surface area contributed by atoms with Crippen molar-refractivity contribution in [2.45, 2.75) is 5.78 Å². The normalized spacial score (nSPS) is 12.1. The molecule has 0 spiro atoms. The molecule has 5 rings (SSSR count). The lowest BCUT2D eigenvalue weighted by molar-refractivity contribution is 0.375. The molecule has 0 aliphatic heterocycles. The molecule has 3 aromatic carbocycles. The predicted molar refractivity (Wildman–Crippen MR) is 145 cm³/mol. The summed E-state index contributed by atoms with van der Waals surface area (Å²) in [7, 11) is -4.24. The summed E-state index contributed by atoms with van der Waals surface area (Å²) >= 11 is 9.23. The molecule has 12 heteroatoms. The maximum Gasteiger partial charge on any atom is 0.457 e. The fourth-order valence-corrected chi connectivity index (χ4v) is 5.77. The molecule has 0 saturated heterocycles. The summed E-state index contributed by atoms with van der Waals surface area (Å²) in [5, 5.41) is 10.9. The van der Waals surface area contributed by atoms with Gasteiger partial charge in [0.2, 0.25) is 0 Å². The van der Waals surface area contributed by atoms with Gasteiger partial charge in [-0.25, -0.2) is 13.9 Å². The Morgan fingerprint density at radius 3 is 2.16 bits per heavy atom. The Balaban J connectivity index is 1.58. The second kappa shape index (κ2) is 11.3. The van der Waals surface area contributed by atoms with Crippen LogP contribution in [0.25, 0.3) is 11.6 Å². The molecule has 1 N–H and O–H groups in total. The van der Waals surface area contributed by atoms with E-state index in [2.05, 4.69) is 36.4 Å². The van der Waals surface area contributed by atoms with Gasteiger partial charge in [0.05, 0.1) is 5.02 Å². The number of nitrogens with one attached hydrogen (secondary N) is 1. The molecule has 0 fully saturated rings. The molecule has 0 radical (unpaired) electrons. The highest BCUT2D eigenvalue weighted by Gasteiger charge is 2.42. The van der Waals surface area contributed by atoms with Gasteiger partial charge in [-0.3, -0.25) is 0 Å². The van der Waals surface area contributed by atoms with E-state index in [0.29, 0.717) is 10.3 Å². The molecule has 0 bridgehead atoms. The van der Waals surface area contributed by atoms with Crippen LogP contribution in [0.3, 0.4) is 0 Å². The first kappa shape index (κ1) is 25.9. The van der Waals surface area contributed by atoms with E-state index >= 15 is 0 Å². The van der Waals surface area contributed by atoms with E-state index in [9.17, 15) is 8.96 Å². The SMILES string of the molecule is O=P(Oc1ccccc1)(Oc1ccccc1)C(Nc1nnc(-c2cccc(Br)n2)o1)c1ccc(Cl)c(F)c1. The van der Waals surface area contributed by atoms with Crippen LogP contribution in [-0.4, -0.2) is 15.2 Å². The third kappa shape index (κ3) is 6.05. The maximum atomic E-state index is 14.6. The number of halogens is 3. The molecule has 0 amide bonds. The van der Waals surface area contributed by atoms with Gasteiger partial charge < -0.3 is 18.8 Å². The molecule has 1 unspecified atom stereocenters. The Labute approximate surface area is 230 Å². The van der Waals surface area contributed by atoms with Crippen molar-refractivity contribution in [2.75, 3.05) is 5.32 Å². The van der Waals surface area contributed by atoms with Crippen LogP contribution in [0.1, 0.15) is 11.3 Å². The zero-order valence-corrected chi connectivity index (χ0v) is 22.6. The fraction of sp³-hybridized carbons (Fsp3) is 0.0385. The first-order valence-corrected chi connectivity index (χ1v) is 13.9. The lowest BCUT2D eigenvalue weighted by atomic mass is 10.2. The van der Waals surface area contributed by atoms with Gasteiger partial charge in [-0.05, 0) is 70.0 Å². The summed E-state index contributed by atoms with van der Waals surface area (Å²) in [6.45, 7) is 0. The first-order valence-electron chi connectivity index (χ1n) is 11.2. The molecule has 0 saturated carbocycles. The molecule has 5 aromatic rings. The molecule has 192 valence electrons. The lowest BCUT2D eigenvalue weighted by Gasteiger charge is -2.28. The Morgan fingerprint density at radius 2 is 1.55 bits per heavy atom. The van der Waals surface area contributed by atoms with E-state index < -0.39 is 19.2 Å². The molecule has 8 nitrogen and oxygen atoms in total. The number of nitrogens with zero attached hydrogens (tertiary/aromatic N) is 3. The van der Waals surface area contributed by atoms with Gasteiger partial charge in [0.15, 0.2) is 5.78 Å². The lowest BCUT2D eigenvalue weighted by Crippen LogP contribution is -2.18. The highest BCUT2D eigenvalue weighted by Crippen LogP contribution is 2.60. The fourth-order valence-electron chi connectivity index (χ4n) is 3.44. The summed E-state index contributed by atoms with van der Waals surface area (Å²) in [4.78, 5) is 4.30. The molecule has 0 aliphatic carbocycles. The van der Waals surface area contributed by atoms with Crippen molar-refractivity contribution in [3.05, 3.63) is 118 Å². The minimum Gasteiger partial charge on any atom is -0.414 e. The van der Waals surface area contributed by atoms with Crippen molar-refractivity contribution in [1.29, 1.82) is 0 Å². The van der Waals surface area contributed by atoms with Crippen molar-refractivity contribution in [1.82, 2.24) is 15.2 Å². The summed E-state index contributed by atoms with van der Waals surface area (Å²) < 4.78 is 47.5. The van der Waals surface area contributed by atoms with Crippen LogP contribution >= 0.6 is 35.1 Å². The highest BCUT2D eigenvalue weighted by atomic mass is 79.9.